The number of pyridine rings is 2. The topological polar surface area (TPSA) is 88.1 Å². The van der Waals surface area contributed by atoms with E-state index in [2.05, 4.69) is 25.5 Å². The second-order valence-electron chi connectivity index (χ2n) is 9.39. The van der Waals surface area contributed by atoms with Crippen molar-refractivity contribution in [1.29, 1.82) is 0 Å². The molecule has 0 radical (unpaired) electrons. The largest absolute Gasteiger partial charge is 0.423 e. The fraction of sp³-hybridized carbons (Fsp3) is 0.308. The molecule has 3 aromatic heterocycles. The highest BCUT2D eigenvalue weighted by atomic mass is 19.1. The summed E-state index contributed by atoms with van der Waals surface area (Å²) in [5.74, 6) is 1.64. The molecule has 1 aliphatic carbocycles. The minimum absolute atomic E-state index is 0.264. The molecule has 4 aromatic rings. The normalized spacial score (nSPS) is 20.1. The number of rotatable bonds is 4. The predicted octanol–water partition coefficient (Wildman–Crippen LogP) is 3.76. The molecule has 2 fully saturated rings. The third-order valence-corrected chi connectivity index (χ3v) is 7.34. The number of hydrogen-bond donors (Lipinski definition) is 2. The highest BCUT2D eigenvalue weighted by Crippen LogP contribution is 2.46. The lowest BCUT2D eigenvalue weighted by atomic mass is 10.0. The summed E-state index contributed by atoms with van der Waals surface area (Å²) in [6.07, 6.45) is 5.13. The van der Waals surface area contributed by atoms with E-state index in [1.54, 1.807) is 18.5 Å². The van der Waals surface area contributed by atoms with Gasteiger partial charge in [0.1, 0.15) is 11.6 Å². The lowest BCUT2D eigenvalue weighted by molar-refractivity contribution is 0.439. The van der Waals surface area contributed by atoms with Gasteiger partial charge in [-0.25, -0.2) is 4.39 Å². The number of fused-ring (bicyclic) bond motifs is 5. The average molecular weight is 470 g/mol. The van der Waals surface area contributed by atoms with E-state index in [1.807, 2.05) is 25.2 Å². The Kier molecular flexibility index (Phi) is 4.60. The van der Waals surface area contributed by atoms with Crippen molar-refractivity contribution in [3.05, 3.63) is 59.8 Å². The third kappa shape index (κ3) is 3.37. The molecule has 8 nitrogen and oxygen atoms in total. The molecule has 176 valence electrons. The van der Waals surface area contributed by atoms with Crippen LogP contribution in [0.1, 0.15) is 17.7 Å². The quantitative estimate of drug-likeness (QED) is 0.411. The van der Waals surface area contributed by atoms with Crippen LogP contribution in [0.25, 0.3) is 22.2 Å². The van der Waals surface area contributed by atoms with E-state index in [0.29, 0.717) is 24.1 Å². The molecule has 5 heterocycles. The number of halogens is 1. The second-order valence-corrected chi connectivity index (χ2v) is 9.39. The summed E-state index contributed by atoms with van der Waals surface area (Å²) in [4.78, 5) is 20.8. The molecule has 0 unspecified atom stereocenters. The number of benzene rings is 1. The standard InChI is InChI=1S/C26H24FN7O/c1-28-20-8-15(27)7-18-17(20)10-22-24(18)25(34-12-14-4-6-30-23(14)13-34)33-26(32-22)35-16-9-21-19(31-11-16)3-2-5-29-21/h2-3,5,7-9,11,14,23,28,30H,4,6,10,12-13H2,1H3/t14-,23+/m1/s1. The molecule has 2 atom stereocenters. The van der Waals surface area contributed by atoms with Crippen molar-refractivity contribution in [3.63, 3.8) is 0 Å². The fourth-order valence-electron chi connectivity index (χ4n) is 5.71. The summed E-state index contributed by atoms with van der Waals surface area (Å²) >= 11 is 0. The first-order chi connectivity index (χ1) is 17.2. The lowest BCUT2D eigenvalue weighted by Gasteiger charge is -2.22. The minimum atomic E-state index is -0.276. The van der Waals surface area contributed by atoms with Crippen molar-refractivity contribution >= 4 is 22.5 Å². The Morgan fingerprint density at radius 1 is 1.14 bits per heavy atom. The van der Waals surface area contributed by atoms with Crippen molar-refractivity contribution in [1.82, 2.24) is 25.3 Å². The van der Waals surface area contributed by atoms with Crippen LogP contribution in [0.3, 0.4) is 0 Å². The van der Waals surface area contributed by atoms with E-state index in [-0.39, 0.29) is 11.8 Å². The zero-order chi connectivity index (χ0) is 23.5. The maximum absolute atomic E-state index is 14.6. The van der Waals surface area contributed by atoms with Gasteiger partial charge in [-0.05, 0) is 54.3 Å². The zero-order valence-electron chi connectivity index (χ0n) is 19.3. The second kappa shape index (κ2) is 7.84. The highest BCUT2D eigenvalue weighted by molar-refractivity contribution is 5.88. The Morgan fingerprint density at radius 2 is 2.09 bits per heavy atom. The van der Waals surface area contributed by atoms with Gasteiger partial charge in [0.05, 0.1) is 22.9 Å². The molecule has 0 saturated carbocycles. The Morgan fingerprint density at radius 3 is 2.97 bits per heavy atom. The monoisotopic (exact) mass is 469 g/mol. The maximum atomic E-state index is 14.6. The molecule has 2 saturated heterocycles. The summed E-state index contributed by atoms with van der Waals surface area (Å²) in [7, 11) is 1.81. The van der Waals surface area contributed by atoms with E-state index in [4.69, 9.17) is 14.7 Å². The SMILES string of the molecule is CNc1cc(F)cc2c1Cc1nc(Oc3cnc4cccnc4c3)nc(N3C[C@H]4CCN[C@H]4C3)c1-2. The molecular weight excluding hydrogens is 445 g/mol. The Bertz CT molecular complexity index is 1460. The zero-order valence-corrected chi connectivity index (χ0v) is 19.3. The molecule has 0 amide bonds. The summed E-state index contributed by atoms with van der Waals surface area (Å²) in [5.41, 5.74) is 5.95. The van der Waals surface area contributed by atoms with Crippen LogP contribution in [0.2, 0.25) is 0 Å². The number of nitrogens with one attached hydrogen (secondary N) is 2. The molecule has 7 rings (SSSR count). The van der Waals surface area contributed by atoms with E-state index in [0.717, 1.165) is 71.0 Å². The molecule has 0 spiro atoms. The molecule has 0 bridgehead atoms. The smallest absolute Gasteiger partial charge is 0.324 e. The molecule has 2 aliphatic heterocycles. The summed E-state index contributed by atoms with van der Waals surface area (Å²) in [6, 6.07) is 9.45. The summed E-state index contributed by atoms with van der Waals surface area (Å²) in [6.45, 7) is 2.83. The van der Waals surface area contributed by atoms with Crippen molar-refractivity contribution in [3.8, 4) is 22.9 Å². The van der Waals surface area contributed by atoms with E-state index in [1.165, 1.54) is 6.07 Å². The van der Waals surface area contributed by atoms with Crippen LogP contribution in [0, 0.1) is 11.7 Å². The minimum Gasteiger partial charge on any atom is -0.423 e. The number of nitrogens with zero attached hydrogens (tertiary/aromatic N) is 5. The van der Waals surface area contributed by atoms with Crippen LogP contribution in [0.15, 0.2) is 42.7 Å². The van der Waals surface area contributed by atoms with Crippen molar-refractivity contribution < 1.29 is 9.13 Å². The lowest BCUT2D eigenvalue weighted by Crippen LogP contribution is -2.30. The van der Waals surface area contributed by atoms with Crippen LogP contribution < -0.4 is 20.3 Å². The van der Waals surface area contributed by atoms with Crippen LogP contribution in [0.4, 0.5) is 15.9 Å². The van der Waals surface area contributed by atoms with Crippen molar-refractivity contribution in [2.75, 3.05) is 36.9 Å². The van der Waals surface area contributed by atoms with Gasteiger partial charge >= 0.3 is 6.01 Å². The van der Waals surface area contributed by atoms with Crippen LogP contribution in [0.5, 0.6) is 11.8 Å². The number of anilines is 2. The third-order valence-electron chi connectivity index (χ3n) is 7.34. The van der Waals surface area contributed by atoms with Gasteiger partial charge < -0.3 is 20.3 Å². The van der Waals surface area contributed by atoms with Crippen LogP contribution in [-0.2, 0) is 6.42 Å². The highest BCUT2D eigenvalue weighted by Gasteiger charge is 2.39. The van der Waals surface area contributed by atoms with Gasteiger partial charge in [-0.2, -0.15) is 9.97 Å². The van der Waals surface area contributed by atoms with Gasteiger partial charge in [-0.1, -0.05) is 0 Å². The van der Waals surface area contributed by atoms with E-state index < -0.39 is 0 Å². The first kappa shape index (κ1) is 20.5. The first-order valence-electron chi connectivity index (χ1n) is 11.9. The Balaban J connectivity index is 1.33. The molecule has 9 heteroatoms. The van der Waals surface area contributed by atoms with Crippen molar-refractivity contribution in [2.45, 2.75) is 18.9 Å². The van der Waals surface area contributed by atoms with Gasteiger partial charge in [0.25, 0.3) is 0 Å². The number of aromatic nitrogens is 4. The van der Waals surface area contributed by atoms with E-state index in [9.17, 15) is 4.39 Å². The van der Waals surface area contributed by atoms with Gasteiger partial charge in [0, 0.05) is 56.1 Å². The number of ether oxygens (including phenoxy) is 1. The predicted molar refractivity (Wildman–Crippen MR) is 132 cm³/mol. The van der Waals surface area contributed by atoms with Gasteiger partial charge in [-0.15, -0.1) is 0 Å². The number of hydrogen-bond acceptors (Lipinski definition) is 8. The molecule has 3 aliphatic rings. The molecular formula is C26H24FN7O. The average Bonchev–Trinajstić information content (AvgIpc) is 3.56. The molecule has 35 heavy (non-hydrogen) atoms. The maximum Gasteiger partial charge on any atom is 0.324 e. The van der Waals surface area contributed by atoms with Gasteiger partial charge in [0.15, 0.2) is 5.75 Å². The van der Waals surface area contributed by atoms with Crippen LogP contribution >= 0.6 is 0 Å². The summed E-state index contributed by atoms with van der Waals surface area (Å²) < 4.78 is 20.7. The Labute approximate surface area is 201 Å². The first-order valence-corrected chi connectivity index (χ1v) is 11.9. The van der Waals surface area contributed by atoms with E-state index >= 15 is 0 Å². The Hall–Kier alpha value is -3.85. The van der Waals surface area contributed by atoms with Crippen molar-refractivity contribution in [2.24, 2.45) is 5.92 Å². The van der Waals surface area contributed by atoms with Gasteiger partial charge in [0.2, 0.25) is 0 Å². The molecule has 2 N–H and O–H groups in total. The summed E-state index contributed by atoms with van der Waals surface area (Å²) in [5, 5.41) is 6.74. The van der Waals surface area contributed by atoms with Crippen LogP contribution in [-0.4, -0.2) is 52.7 Å². The van der Waals surface area contributed by atoms with Gasteiger partial charge in [-0.3, -0.25) is 9.97 Å². The molecule has 1 aromatic carbocycles. The fourth-order valence-corrected chi connectivity index (χ4v) is 5.71.